The van der Waals surface area contributed by atoms with Crippen LogP contribution in [0.25, 0.3) is 27.9 Å². The van der Waals surface area contributed by atoms with Crippen molar-refractivity contribution in [3.05, 3.63) is 72.3 Å². The molecule has 2 atom stereocenters. The Balaban J connectivity index is 1.42. The van der Waals surface area contributed by atoms with Gasteiger partial charge in [0.2, 0.25) is 0 Å². The number of halogens is 3. The van der Waals surface area contributed by atoms with Crippen molar-refractivity contribution in [3.8, 4) is 5.69 Å². The van der Waals surface area contributed by atoms with Gasteiger partial charge in [-0.05, 0) is 50.5 Å². The lowest BCUT2D eigenvalue weighted by atomic mass is 10.2. The molecule has 11 heteroatoms. The minimum absolute atomic E-state index is 0.133. The molecule has 1 aliphatic rings. The topological polar surface area (TPSA) is 82.7 Å². The van der Waals surface area contributed by atoms with E-state index in [0.717, 1.165) is 25.3 Å². The third kappa shape index (κ3) is 3.95. The van der Waals surface area contributed by atoms with Gasteiger partial charge in [-0.2, -0.15) is 0 Å². The first-order valence-electron chi connectivity index (χ1n) is 11.7. The van der Waals surface area contributed by atoms with Gasteiger partial charge < -0.3 is 10.1 Å². The summed E-state index contributed by atoms with van der Waals surface area (Å²) < 4.78 is 51.7. The molecular formula is C25H22F3N7O. The Labute approximate surface area is 203 Å². The summed E-state index contributed by atoms with van der Waals surface area (Å²) in [6, 6.07) is 6.76. The number of fused-ring (bicyclic) bond motifs is 2. The first kappa shape index (κ1) is 22.5. The first-order chi connectivity index (χ1) is 17.5. The molecular weight excluding hydrogens is 471 g/mol. The van der Waals surface area contributed by atoms with Gasteiger partial charge in [0.25, 0.3) is 0 Å². The number of hydrogen-bond donors (Lipinski definition) is 1. The van der Waals surface area contributed by atoms with Crippen LogP contribution in [0.4, 0.5) is 19.0 Å². The Hall–Kier alpha value is -3.99. The van der Waals surface area contributed by atoms with Crippen LogP contribution in [0, 0.1) is 17.5 Å². The molecule has 8 nitrogen and oxygen atoms in total. The molecule has 0 aliphatic carbocycles. The molecule has 1 aliphatic heterocycles. The highest BCUT2D eigenvalue weighted by Crippen LogP contribution is 2.31. The molecule has 2 unspecified atom stereocenters. The molecule has 1 saturated heterocycles. The van der Waals surface area contributed by atoms with E-state index in [1.165, 1.54) is 41.2 Å². The minimum Gasteiger partial charge on any atom is -0.358 e. The van der Waals surface area contributed by atoms with Crippen molar-refractivity contribution >= 4 is 28.0 Å². The summed E-state index contributed by atoms with van der Waals surface area (Å²) in [6.45, 7) is 2.52. The first-order valence-corrected chi connectivity index (χ1v) is 11.7. The molecule has 0 amide bonds. The van der Waals surface area contributed by atoms with Gasteiger partial charge in [0, 0.05) is 18.7 Å². The Morgan fingerprint density at radius 2 is 1.83 bits per heavy atom. The third-order valence-corrected chi connectivity index (χ3v) is 6.31. The van der Waals surface area contributed by atoms with E-state index in [0.29, 0.717) is 40.4 Å². The van der Waals surface area contributed by atoms with E-state index >= 15 is 0 Å². The minimum atomic E-state index is -0.747. The molecule has 1 fully saturated rings. The maximum absolute atomic E-state index is 14.1. The normalized spacial score (nSPS) is 17.1. The van der Waals surface area contributed by atoms with Crippen molar-refractivity contribution in [2.45, 2.75) is 38.5 Å². The van der Waals surface area contributed by atoms with Crippen LogP contribution in [0.15, 0.2) is 49.1 Å². The van der Waals surface area contributed by atoms with E-state index in [4.69, 9.17) is 4.74 Å². The summed E-state index contributed by atoms with van der Waals surface area (Å²) in [4.78, 5) is 17.9. The molecule has 1 N–H and O–H groups in total. The standard InChI is InChI=1S/C25H22F3N7O/c1-14(32-23-22-25(30-12-29-23)34(13-31-22)21-4-2-3-7-36-21)24-33-19-6-5-15(26)11-20(19)35(24)18-9-16(27)8-17(28)10-18/h5-6,8-14,21H,2-4,7H2,1H3,(H,29,30,32). The summed E-state index contributed by atoms with van der Waals surface area (Å²) in [6.07, 6.45) is 5.97. The lowest BCUT2D eigenvalue weighted by molar-refractivity contribution is -0.0298. The second kappa shape index (κ2) is 8.90. The van der Waals surface area contributed by atoms with Crippen LogP contribution in [-0.2, 0) is 4.74 Å². The van der Waals surface area contributed by atoms with Crippen LogP contribution in [0.3, 0.4) is 0 Å². The maximum atomic E-state index is 14.1. The predicted octanol–water partition coefficient (Wildman–Crippen LogP) is 5.45. The van der Waals surface area contributed by atoms with Gasteiger partial charge in [-0.3, -0.25) is 9.13 Å². The van der Waals surface area contributed by atoms with Crippen molar-refractivity contribution in [2.24, 2.45) is 0 Å². The number of hydrogen-bond acceptors (Lipinski definition) is 6. The van der Waals surface area contributed by atoms with Gasteiger partial charge in [0.15, 0.2) is 17.0 Å². The largest absolute Gasteiger partial charge is 0.358 e. The van der Waals surface area contributed by atoms with Crippen molar-refractivity contribution in [2.75, 3.05) is 11.9 Å². The molecule has 36 heavy (non-hydrogen) atoms. The van der Waals surface area contributed by atoms with Crippen molar-refractivity contribution in [1.29, 1.82) is 0 Å². The molecule has 184 valence electrons. The van der Waals surface area contributed by atoms with E-state index in [2.05, 4.69) is 25.3 Å². The number of aromatic nitrogens is 6. The van der Waals surface area contributed by atoms with Crippen LogP contribution in [0.1, 0.15) is 44.3 Å². The average Bonchev–Trinajstić information content (AvgIpc) is 3.46. The quantitative estimate of drug-likeness (QED) is 0.350. The second-order valence-corrected chi connectivity index (χ2v) is 8.80. The van der Waals surface area contributed by atoms with E-state index in [1.807, 2.05) is 11.5 Å². The van der Waals surface area contributed by atoms with Gasteiger partial charge in [0.05, 0.1) is 29.1 Å². The number of imidazole rings is 2. The Morgan fingerprint density at radius 3 is 2.61 bits per heavy atom. The fraction of sp³-hybridized carbons (Fsp3) is 0.280. The van der Waals surface area contributed by atoms with Gasteiger partial charge in [-0.25, -0.2) is 33.1 Å². The van der Waals surface area contributed by atoms with Crippen LogP contribution in [0.2, 0.25) is 0 Å². The lowest BCUT2D eigenvalue weighted by Crippen LogP contribution is -2.18. The highest BCUT2D eigenvalue weighted by atomic mass is 19.1. The van der Waals surface area contributed by atoms with E-state index in [9.17, 15) is 13.2 Å². The van der Waals surface area contributed by atoms with E-state index < -0.39 is 23.5 Å². The lowest BCUT2D eigenvalue weighted by Gasteiger charge is -2.23. The molecule has 5 aromatic rings. The summed E-state index contributed by atoms with van der Waals surface area (Å²) in [5, 5.41) is 3.30. The number of ether oxygens (including phenoxy) is 1. The predicted molar refractivity (Wildman–Crippen MR) is 127 cm³/mol. The molecule has 0 bridgehead atoms. The van der Waals surface area contributed by atoms with Crippen molar-refractivity contribution in [3.63, 3.8) is 0 Å². The Bertz CT molecular complexity index is 1560. The monoisotopic (exact) mass is 493 g/mol. The molecule has 3 aromatic heterocycles. The zero-order valence-corrected chi connectivity index (χ0v) is 19.3. The second-order valence-electron chi connectivity index (χ2n) is 8.80. The fourth-order valence-electron chi connectivity index (χ4n) is 4.68. The zero-order valence-electron chi connectivity index (χ0n) is 19.3. The van der Waals surface area contributed by atoms with Gasteiger partial charge in [-0.15, -0.1) is 0 Å². The summed E-state index contributed by atoms with van der Waals surface area (Å²) in [7, 11) is 0. The smallest absolute Gasteiger partial charge is 0.167 e. The molecule has 4 heterocycles. The highest BCUT2D eigenvalue weighted by Gasteiger charge is 2.23. The Kier molecular flexibility index (Phi) is 5.56. The van der Waals surface area contributed by atoms with Gasteiger partial charge >= 0.3 is 0 Å². The third-order valence-electron chi connectivity index (χ3n) is 6.31. The average molecular weight is 493 g/mol. The zero-order chi connectivity index (χ0) is 24.8. The number of nitrogens with one attached hydrogen (secondary N) is 1. The number of anilines is 1. The molecule has 0 spiro atoms. The molecule has 0 saturated carbocycles. The molecule has 2 aromatic carbocycles. The summed E-state index contributed by atoms with van der Waals surface area (Å²) >= 11 is 0. The van der Waals surface area contributed by atoms with Crippen LogP contribution >= 0.6 is 0 Å². The number of benzene rings is 2. The Morgan fingerprint density at radius 1 is 1.00 bits per heavy atom. The van der Waals surface area contributed by atoms with Crippen LogP contribution < -0.4 is 5.32 Å². The maximum Gasteiger partial charge on any atom is 0.167 e. The summed E-state index contributed by atoms with van der Waals surface area (Å²) in [5.74, 6) is -1.09. The van der Waals surface area contributed by atoms with Crippen LogP contribution in [0.5, 0.6) is 0 Å². The van der Waals surface area contributed by atoms with E-state index in [-0.39, 0.29) is 11.9 Å². The summed E-state index contributed by atoms with van der Waals surface area (Å²) in [5.41, 5.74) is 2.25. The van der Waals surface area contributed by atoms with Crippen molar-refractivity contribution < 1.29 is 17.9 Å². The van der Waals surface area contributed by atoms with Gasteiger partial charge in [0.1, 0.15) is 35.8 Å². The molecule has 0 radical (unpaired) electrons. The van der Waals surface area contributed by atoms with Crippen LogP contribution in [-0.4, -0.2) is 35.7 Å². The molecule has 6 rings (SSSR count). The van der Waals surface area contributed by atoms with E-state index in [1.54, 1.807) is 6.33 Å². The fourth-order valence-corrected chi connectivity index (χ4v) is 4.68. The SMILES string of the molecule is CC(Nc1ncnc2c1ncn2C1CCCCO1)c1nc2ccc(F)cc2n1-c1cc(F)cc(F)c1. The van der Waals surface area contributed by atoms with Crippen molar-refractivity contribution in [1.82, 2.24) is 29.1 Å². The van der Waals surface area contributed by atoms with Gasteiger partial charge in [-0.1, -0.05) is 0 Å². The number of nitrogens with zero attached hydrogens (tertiary/aromatic N) is 6. The number of rotatable bonds is 5. The highest BCUT2D eigenvalue weighted by molar-refractivity contribution is 5.83.